The maximum Gasteiger partial charge on any atom is 0.0382 e. The second-order valence-corrected chi connectivity index (χ2v) is 15.1. The summed E-state index contributed by atoms with van der Waals surface area (Å²) in [7, 11) is -1.53. The van der Waals surface area contributed by atoms with Gasteiger partial charge in [-0.2, -0.15) is 0 Å². The van der Waals surface area contributed by atoms with Crippen molar-refractivity contribution in [2.24, 2.45) is 5.73 Å². The Morgan fingerprint density at radius 1 is 1.14 bits per heavy atom. The summed E-state index contributed by atoms with van der Waals surface area (Å²) in [4.78, 5) is 3.43. The van der Waals surface area contributed by atoms with Crippen LogP contribution in [0.5, 0.6) is 0 Å². The Morgan fingerprint density at radius 2 is 1.73 bits per heavy atom. The van der Waals surface area contributed by atoms with Gasteiger partial charge in [-0.3, -0.25) is 9.50 Å². The maximum absolute atomic E-state index is 9.06. The summed E-state index contributed by atoms with van der Waals surface area (Å²) < 4.78 is 12.7. The second kappa shape index (κ2) is 15.3. The van der Waals surface area contributed by atoms with E-state index >= 15 is 0 Å². The summed E-state index contributed by atoms with van der Waals surface area (Å²) in [6, 6.07) is 17.6. The van der Waals surface area contributed by atoms with E-state index in [1.165, 1.54) is 24.1 Å². The molecular weight excluding hydrogens is 478 g/mol. The van der Waals surface area contributed by atoms with Crippen LogP contribution in [-0.2, 0) is 9.14 Å². The van der Waals surface area contributed by atoms with Gasteiger partial charge >= 0.3 is 0 Å². The molecule has 0 bridgehead atoms. The third kappa shape index (κ3) is 11.4. The molecule has 0 aromatic heterocycles. The van der Waals surface area contributed by atoms with Crippen LogP contribution in [0, 0.1) is 11.7 Å². The summed E-state index contributed by atoms with van der Waals surface area (Å²) in [6.07, 6.45) is 9.89. The van der Waals surface area contributed by atoms with Crippen LogP contribution in [-0.4, -0.2) is 49.9 Å². The lowest BCUT2D eigenvalue weighted by molar-refractivity contribution is 0.399. The molecule has 2 atom stereocenters. The Morgan fingerprint density at radius 3 is 2.19 bits per heavy atom. The highest BCUT2D eigenvalue weighted by molar-refractivity contribution is 8.18. The summed E-state index contributed by atoms with van der Waals surface area (Å²) >= 11 is 0. The molecule has 0 spiro atoms. The number of benzene rings is 2. The zero-order valence-corrected chi connectivity index (χ0v) is 25.1. The van der Waals surface area contributed by atoms with E-state index in [0.717, 1.165) is 55.7 Å². The molecule has 1 saturated heterocycles. The normalized spacial score (nSPS) is 16.8. The van der Waals surface area contributed by atoms with Gasteiger partial charge in [0.1, 0.15) is 0 Å². The number of aliphatic hydroxyl groups excluding tert-OH is 1. The first-order valence-corrected chi connectivity index (χ1v) is 16.3. The minimum Gasteiger partial charge on any atom is -0.400 e. The fourth-order valence-electron chi connectivity index (χ4n) is 4.34. The van der Waals surface area contributed by atoms with Crippen molar-refractivity contribution in [1.29, 1.82) is 4.78 Å². The SMILES string of the molecule is C=C(C)Nc1ccc(S(C)(C)(=N)NC(CC)CCCC)cc1.CO.Cc1ccc(N2CCC(N)C2)cc1. The summed E-state index contributed by atoms with van der Waals surface area (Å²) in [5.74, 6) is 0. The first-order valence-electron chi connectivity index (χ1n) is 13.4. The molecule has 1 heterocycles. The summed E-state index contributed by atoms with van der Waals surface area (Å²) in [6.45, 7) is 14.4. The Labute approximate surface area is 226 Å². The number of anilines is 2. The predicted octanol–water partition coefficient (Wildman–Crippen LogP) is 6.32. The quantitative estimate of drug-likeness (QED) is 0.247. The summed E-state index contributed by atoms with van der Waals surface area (Å²) in [5.41, 5.74) is 10.4. The van der Waals surface area contributed by atoms with Crippen molar-refractivity contribution in [3.8, 4) is 0 Å². The predicted molar refractivity (Wildman–Crippen MR) is 166 cm³/mol. The van der Waals surface area contributed by atoms with E-state index in [4.69, 9.17) is 15.6 Å². The standard InChI is InChI=1S/C18H33N3S.C11H16N2.CH4O/c1-7-9-10-16(8-2)21-22(5,6,19)18-13-11-17(12-14-18)20-15(3)4;1-9-2-4-11(5-3-9)13-7-6-10(12)8-13;1-2/h11-14,16,20H,3,7-10H2,1-2,4-6H3,(H2,19,21);2-5,10H,6-8,12H2,1H3;2H,1H3. The Kier molecular flexibility index (Phi) is 13.6. The molecule has 6 nitrogen and oxygen atoms in total. The number of hydrogen-bond donors (Lipinski definition) is 5. The molecule has 1 aliphatic heterocycles. The fourth-order valence-corrected chi connectivity index (χ4v) is 6.71. The molecule has 0 amide bonds. The van der Waals surface area contributed by atoms with Crippen molar-refractivity contribution in [1.82, 2.24) is 4.72 Å². The van der Waals surface area contributed by atoms with Crippen molar-refractivity contribution in [2.45, 2.75) is 76.8 Å². The minimum absolute atomic E-state index is 0.362. The van der Waals surface area contributed by atoms with Crippen molar-refractivity contribution >= 4 is 20.5 Å². The third-order valence-corrected chi connectivity index (χ3v) is 9.19. The molecule has 0 radical (unpaired) electrons. The lowest BCUT2D eigenvalue weighted by Crippen LogP contribution is -2.49. The molecule has 7 heteroatoms. The lowest BCUT2D eigenvalue weighted by Gasteiger charge is -2.43. The van der Waals surface area contributed by atoms with Gasteiger partial charge in [0.25, 0.3) is 0 Å². The monoisotopic (exact) mass is 531 g/mol. The van der Waals surface area contributed by atoms with Crippen LogP contribution >= 0.6 is 0 Å². The molecule has 0 aliphatic carbocycles. The molecule has 2 unspecified atom stereocenters. The molecule has 3 rings (SSSR count). The van der Waals surface area contributed by atoms with E-state index in [1.54, 1.807) is 0 Å². The third-order valence-electron chi connectivity index (χ3n) is 6.46. The first-order chi connectivity index (χ1) is 17.4. The lowest BCUT2D eigenvalue weighted by atomic mass is 10.1. The second-order valence-electron chi connectivity index (χ2n) is 10.6. The van der Waals surface area contributed by atoms with Gasteiger partial charge in [0.2, 0.25) is 0 Å². The highest BCUT2D eigenvalue weighted by Crippen LogP contribution is 2.30. The number of aliphatic hydroxyl groups is 1. The zero-order valence-electron chi connectivity index (χ0n) is 24.3. The molecule has 1 aliphatic rings. The van der Waals surface area contributed by atoms with E-state index in [0.29, 0.717) is 12.1 Å². The smallest absolute Gasteiger partial charge is 0.0382 e. The van der Waals surface area contributed by atoms with E-state index < -0.39 is 9.14 Å². The van der Waals surface area contributed by atoms with Crippen LogP contribution in [0.15, 0.2) is 65.7 Å². The molecular formula is C30H53N5OS. The summed E-state index contributed by atoms with van der Waals surface area (Å²) in [5, 5.41) is 10.2. The number of unbranched alkanes of at least 4 members (excludes halogenated alkanes) is 1. The van der Waals surface area contributed by atoms with Gasteiger partial charge in [-0.1, -0.05) is 51.0 Å². The van der Waals surface area contributed by atoms with Gasteiger partial charge in [0.05, 0.1) is 0 Å². The number of nitrogens with zero attached hydrogens (tertiary/aromatic N) is 1. The van der Waals surface area contributed by atoms with Crippen LogP contribution in [0.2, 0.25) is 0 Å². The number of nitrogens with two attached hydrogens (primary N) is 1. The maximum atomic E-state index is 9.06. The van der Waals surface area contributed by atoms with Gasteiger partial charge in [0, 0.05) is 54.3 Å². The van der Waals surface area contributed by atoms with Gasteiger partial charge in [-0.05, 0) is 82.0 Å². The Bertz CT molecular complexity index is 998. The van der Waals surface area contributed by atoms with Crippen LogP contribution in [0.25, 0.3) is 0 Å². The van der Waals surface area contributed by atoms with E-state index in [-0.39, 0.29) is 0 Å². The molecule has 1 fully saturated rings. The van der Waals surface area contributed by atoms with Crippen LogP contribution < -0.4 is 20.7 Å². The minimum atomic E-state index is -2.53. The van der Waals surface area contributed by atoms with Crippen LogP contribution in [0.3, 0.4) is 0 Å². The van der Waals surface area contributed by atoms with Crippen molar-refractivity contribution < 1.29 is 5.11 Å². The van der Waals surface area contributed by atoms with E-state index in [2.05, 4.69) is 91.2 Å². The fraction of sp³-hybridized carbons (Fsp3) is 0.533. The number of hydrogen-bond acceptors (Lipinski definition) is 5. The first kappa shape index (κ1) is 32.8. The number of nitrogens with one attached hydrogen (secondary N) is 3. The molecule has 2 aromatic rings. The molecule has 2 aromatic carbocycles. The van der Waals surface area contributed by atoms with E-state index in [1.807, 2.05) is 19.1 Å². The highest BCUT2D eigenvalue weighted by atomic mass is 32.3. The molecule has 37 heavy (non-hydrogen) atoms. The number of allylic oxidation sites excluding steroid dienone is 1. The number of rotatable bonds is 10. The topological polar surface area (TPSA) is 97.4 Å². The largest absolute Gasteiger partial charge is 0.400 e. The van der Waals surface area contributed by atoms with Gasteiger partial charge in [-0.25, -0.2) is 0 Å². The van der Waals surface area contributed by atoms with Gasteiger partial charge in [-0.15, -0.1) is 9.14 Å². The Hall–Kier alpha value is -2.19. The molecule has 210 valence electrons. The zero-order chi connectivity index (χ0) is 28.1. The average Bonchev–Trinajstić information content (AvgIpc) is 3.29. The van der Waals surface area contributed by atoms with Crippen molar-refractivity contribution in [3.63, 3.8) is 0 Å². The van der Waals surface area contributed by atoms with Crippen LogP contribution in [0.4, 0.5) is 11.4 Å². The van der Waals surface area contributed by atoms with Crippen LogP contribution in [0.1, 0.15) is 58.4 Å². The molecule has 0 saturated carbocycles. The van der Waals surface area contributed by atoms with Gasteiger partial charge < -0.3 is 21.1 Å². The van der Waals surface area contributed by atoms with E-state index in [9.17, 15) is 0 Å². The van der Waals surface area contributed by atoms with Crippen molar-refractivity contribution in [2.75, 3.05) is 42.9 Å². The average molecular weight is 532 g/mol. The highest BCUT2D eigenvalue weighted by Gasteiger charge is 2.26. The number of aryl methyl sites for hydroxylation is 1. The van der Waals surface area contributed by atoms with Gasteiger partial charge in [0.15, 0.2) is 0 Å². The Balaban J connectivity index is 0.000000385. The molecule has 6 N–H and O–H groups in total. The van der Waals surface area contributed by atoms with Crippen molar-refractivity contribution in [3.05, 3.63) is 66.4 Å².